The van der Waals surface area contributed by atoms with E-state index < -0.39 is 11.2 Å². The number of H-pyrrole nitrogens is 1. The molecule has 2 N–H and O–H groups in total. The fourth-order valence-corrected chi connectivity index (χ4v) is 4.58. The second kappa shape index (κ2) is 10.3. The SMILES string of the molecule is CCCCn1c(=O)[nH]c(=O)c2c1nc(CCC(=O)NC1CCCC(C)C1)n2CC(C)C. The third-order valence-corrected chi connectivity index (χ3v) is 6.12. The van der Waals surface area contributed by atoms with E-state index in [1.807, 2.05) is 4.57 Å². The predicted molar refractivity (Wildman–Crippen MR) is 122 cm³/mol. The minimum atomic E-state index is -0.421. The topological polar surface area (TPSA) is 102 Å². The van der Waals surface area contributed by atoms with Crippen LogP contribution in [0.4, 0.5) is 0 Å². The van der Waals surface area contributed by atoms with E-state index in [1.54, 1.807) is 4.57 Å². The smallest absolute Gasteiger partial charge is 0.330 e. The number of nitrogens with zero attached hydrogens (tertiary/aromatic N) is 3. The van der Waals surface area contributed by atoms with Crippen molar-refractivity contribution < 1.29 is 4.79 Å². The number of hydrogen-bond donors (Lipinski definition) is 2. The zero-order chi connectivity index (χ0) is 22.5. The second-order valence-electron chi connectivity index (χ2n) is 9.51. The van der Waals surface area contributed by atoms with Crippen molar-refractivity contribution in [1.29, 1.82) is 0 Å². The van der Waals surface area contributed by atoms with E-state index in [4.69, 9.17) is 4.98 Å². The number of carbonyl (C=O) groups is 1. The molecule has 2 aromatic rings. The van der Waals surface area contributed by atoms with Gasteiger partial charge in [0.2, 0.25) is 5.91 Å². The van der Waals surface area contributed by atoms with Crippen molar-refractivity contribution in [2.45, 2.75) is 98.2 Å². The first-order valence-corrected chi connectivity index (χ1v) is 11.8. The van der Waals surface area contributed by atoms with Gasteiger partial charge in [-0.2, -0.15) is 0 Å². The quantitative estimate of drug-likeness (QED) is 0.637. The van der Waals surface area contributed by atoms with E-state index in [0.717, 1.165) is 32.1 Å². The largest absolute Gasteiger partial charge is 0.353 e. The summed E-state index contributed by atoms with van der Waals surface area (Å²) >= 11 is 0. The molecule has 31 heavy (non-hydrogen) atoms. The van der Waals surface area contributed by atoms with Crippen LogP contribution in [0.3, 0.4) is 0 Å². The van der Waals surface area contributed by atoms with Crippen LogP contribution in [0.15, 0.2) is 9.59 Å². The lowest BCUT2D eigenvalue weighted by Crippen LogP contribution is -2.38. The van der Waals surface area contributed by atoms with Crippen LogP contribution in [-0.2, 0) is 24.3 Å². The monoisotopic (exact) mass is 431 g/mol. The Balaban J connectivity index is 1.86. The molecule has 8 heteroatoms. The molecule has 1 saturated carbocycles. The fourth-order valence-electron chi connectivity index (χ4n) is 4.58. The Kier molecular flexibility index (Phi) is 7.73. The Labute approximate surface area is 183 Å². The van der Waals surface area contributed by atoms with Crippen molar-refractivity contribution in [2.75, 3.05) is 0 Å². The molecule has 0 bridgehead atoms. The predicted octanol–water partition coefficient (Wildman–Crippen LogP) is 2.97. The first-order chi connectivity index (χ1) is 14.8. The highest BCUT2D eigenvalue weighted by atomic mass is 16.2. The van der Waals surface area contributed by atoms with Gasteiger partial charge in [0.1, 0.15) is 5.82 Å². The number of nitrogens with one attached hydrogen (secondary N) is 2. The van der Waals surface area contributed by atoms with Crippen LogP contribution in [0.25, 0.3) is 11.2 Å². The van der Waals surface area contributed by atoms with E-state index in [1.165, 1.54) is 6.42 Å². The zero-order valence-corrected chi connectivity index (χ0v) is 19.4. The Morgan fingerprint density at radius 3 is 2.71 bits per heavy atom. The number of hydrogen-bond acceptors (Lipinski definition) is 4. The summed E-state index contributed by atoms with van der Waals surface area (Å²) in [6, 6.07) is 0.257. The molecule has 8 nitrogen and oxygen atoms in total. The van der Waals surface area contributed by atoms with E-state index in [0.29, 0.717) is 54.8 Å². The summed E-state index contributed by atoms with van der Waals surface area (Å²) in [6.07, 6.45) is 7.01. The molecule has 172 valence electrons. The van der Waals surface area contributed by atoms with Crippen LogP contribution in [0.5, 0.6) is 0 Å². The molecule has 2 atom stereocenters. The molecule has 3 rings (SSSR count). The second-order valence-corrected chi connectivity index (χ2v) is 9.51. The number of carbonyl (C=O) groups excluding carboxylic acids is 1. The Bertz CT molecular complexity index is 1020. The minimum Gasteiger partial charge on any atom is -0.353 e. The number of amides is 1. The summed E-state index contributed by atoms with van der Waals surface area (Å²) in [5.74, 6) is 1.67. The van der Waals surface area contributed by atoms with Crippen LogP contribution in [0, 0.1) is 11.8 Å². The average Bonchev–Trinajstić information content (AvgIpc) is 3.04. The molecule has 0 spiro atoms. The maximum absolute atomic E-state index is 12.7. The average molecular weight is 432 g/mol. The maximum Gasteiger partial charge on any atom is 0.330 e. The van der Waals surface area contributed by atoms with Gasteiger partial charge in [0.15, 0.2) is 11.2 Å². The fraction of sp³-hybridized carbons (Fsp3) is 0.739. The van der Waals surface area contributed by atoms with Gasteiger partial charge in [0, 0.05) is 32.0 Å². The maximum atomic E-state index is 12.7. The van der Waals surface area contributed by atoms with Crippen molar-refractivity contribution in [2.24, 2.45) is 11.8 Å². The van der Waals surface area contributed by atoms with Gasteiger partial charge in [-0.3, -0.25) is 19.1 Å². The number of aryl methyl sites for hydroxylation is 2. The molecule has 0 saturated heterocycles. The van der Waals surface area contributed by atoms with Gasteiger partial charge in [-0.1, -0.05) is 47.0 Å². The molecule has 0 aliphatic heterocycles. The molecule has 0 radical (unpaired) electrons. The van der Waals surface area contributed by atoms with Gasteiger partial charge in [-0.15, -0.1) is 0 Å². The number of imidazole rings is 1. The van der Waals surface area contributed by atoms with E-state index in [-0.39, 0.29) is 11.9 Å². The Morgan fingerprint density at radius 2 is 2.03 bits per heavy atom. The van der Waals surface area contributed by atoms with Crippen LogP contribution in [0.1, 0.15) is 78.5 Å². The van der Waals surface area contributed by atoms with Crippen molar-refractivity contribution in [3.05, 3.63) is 26.7 Å². The summed E-state index contributed by atoms with van der Waals surface area (Å²) in [4.78, 5) is 44.8. The number of fused-ring (bicyclic) bond motifs is 1. The molecule has 2 unspecified atom stereocenters. The number of aromatic nitrogens is 4. The summed E-state index contributed by atoms with van der Waals surface area (Å²) in [7, 11) is 0. The Hall–Kier alpha value is -2.38. The van der Waals surface area contributed by atoms with Crippen LogP contribution >= 0.6 is 0 Å². The van der Waals surface area contributed by atoms with Gasteiger partial charge in [0.25, 0.3) is 5.56 Å². The van der Waals surface area contributed by atoms with Gasteiger partial charge in [-0.05, 0) is 31.1 Å². The molecule has 0 aromatic carbocycles. The van der Waals surface area contributed by atoms with Crippen molar-refractivity contribution >= 4 is 17.1 Å². The summed E-state index contributed by atoms with van der Waals surface area (Å²) in [5.41, 5.74) is 0.0314. The van der Waals surface area contributed by atoms with E-state index >= 15 is 0 Å². The first kappa shape index (κ1) is 23.3. The summed E-state index contributed by atoms with van der Waals surface area (Å²) in [5, 5.41) is 3.17. The highest BCUT2D eigenvalue weighted by Gasteiger charge is 2.22. The minimum absolute atomic E-state index is 0.0273. The lowest BCUT2D eigenvalue weighted by molar-refractivity contribution is -0.122. The van der Waals surface area contributed by atoms with Crippen molar-refractivity contribution in [3.63, 3.8) is 0 Å². The Morgan fingerprint density at radius 1 is 1.26 bits per heavy atom. The lowest BCUT2D eigenvalue weighted by Gasteiger charge is -2.27. The summed E-state index contributed by atoms with van der Waals surface area (Å²) < 4.78 is 3.46. The highest BCUT2D eigenvalue weighted by Crippen LogP contribution is 2.23. The van der Waals surface area contributed by atoms with Gasteiger partial charge in [-0.25, -0.2) is 9.78 Å². The number of unbranched alkanes of at least 4 members (excludes halogenated alkanes) is 1. The summed E-state index contributed by atoms with van der Waals surface area (Å²) in [6.45, 7) is 9.58. The molecule has 2 aromatic heterocycles. The lowest BCUT2D eigenvalue weighted by atomic mass is 9.87. The molecular weight excluding hydrogens is 394 g/mol. The van der Waals surface area contributed by atoms with Crippen molar-refractivity contribution in [1.82, 2.24) is 24.4 Å². The molecule has 1 fully saturated rings. The highest BCUT2D eigenvalue weighted by molar-refractivity contribution is 5.77. The van der Waals surface area contributed by atoms with E-state index in [2.05, 4.69) is 38.0 Å². The molecule has 2 heterocycles. The van der Waals surface area contributed by atoms with Gasteiger partial charge < -0.3 is 9.88 Å². The molecule has 1 aliphatic carbocycles. The molecule has 1 amide bonds. The number of rotatable bonds is 9. The third-order valence-electron chi connectivity index (χ3n) is 6.12. The van der Waals surface area contributed by atoms with Crippen molar-refractivity contribution in [3.8, 4) is 0 Å². The van der Waals surface area contributed by atoms with E-state index in [9.17, 15) is 14.4 Å². The van der Waals surface area contributed by atoms with Gasteiger partial charge >= 0.3 is 5.69 Å². The molecular formula is C23H37N5O3. The third kappa shape index (κ3) is 5.66. The zero-order valence-electron chi connectivity index (χ0n) is 19.4. The number of aromatic amines is 1. The van der Waals surface area contributed by atoms with Gasteiger partial charge in [0.05, 0.1) is 0 Å². The first-order valence-electron chi connectivity index (χ1n) is 11.8. The van der Waals surface area contributed by atoms with Crippen LogP contribution in [0.2, 0.25) is 0 Å². The van der Waals surface area contributed by atoms with Crippen LogP contribution < -0.4 is 16.6 Å². The standard InChI is InChI=1S/C23H37N5O3/c1-5-6-12-27-21-20(22(30)26-23(27)31)28(14-15(2)3)18(25-21)10-11-19(29)24-17-9-7-8-16(4)13-17/h15-17H,5-14H2,1-4H3,(H,24,29)(H,26,30,31). The normalized spacial score (nSPS) is 19.3. The molecule has 1 aliphatic rings. The van der Waals surface area contributed by atoms with Crippen LogP contribution in [-0.4, -0.2) is 31.1 Å².